The molecule has 3 nitrogen and oxygen atoms in total. The molecule has 2 atom stereocenters. The second kappa shape index (κ2) is 3.74. The van der Waals surface area contributed by atoms with Gasteiger partial charge in [-0.15, -0.1) is 0 Å². The monoisotopic (exact) mass is 208 g/mol. The van der Waals surface area contributed by atoms with E-state index in [9.17, 15) is 5.11 Å². The number of hydrogen-bond donors (Lipinski definition) is 2. The van der Waals surface area contributed by atoms with Crippen LogP contribution >= 0.6 is 0 Å². The van der Waals surface area contributed by atoms with Crippen molar-refractivity contribution >= 4 is 0 Å². The molecule has 1 aliphatic rings. The molecule has 0 aromatic heterocycles. The number of nitrogens with one attached hydrogen (secondary N) is 1. The lowest BCUT2D eigenvalue weighted by molar-refractivity contribution is -0.912. The number of fused-ring (bicyclic) bond motifs is 1. The summed E-state index contributed by atoms with van der Waals surface area (Å²) in [7, 11) is 3.78. The highest BCUT2D eigenvalue weighted by atomic mass is 16.5. The fraction of sp³-hybridized carbons (Fsp3) is 0.500. The van der Waals surface area contributed by atoms with Crippen molar-refractivity contribution in [1.82, 2.24) is 0 Å². The number of aromatic hydroxyl groups is 1. The minimum absolute atomic E-state index is 0.248. The lowest BCUT2D eigenvalue weighted by Gasteiger charge is -2.29. The third-order valence-electron chi connectivity index (χ3n) is 3.44. The van der Waals surface area contributed by atoms with Crippen molar-refractivity contribution in [3.05, 3.63) is 23.3 Å². The van der Waals surface area contributed by atoms with Gasteiger partial charge in [-0.3, -0.25) is 0 Å². The number of quaternary nitrogens is 1. The zero-order valence-corrected chi connectivity index (χ0v) is 9.50. The van der Waals surface area contributed by atoms with Gasteiger partial charge >= 0.3 is 0 Å². The van der Waals surface area contributed by atoms with Crippen LogP contribution in [0.25, 0.3) is 0 Å². The first-order valence-electron chi connectivity index (χ1n) is 5.35. The van der Waals surface area contributed by atoms with Gasteiger partial charge in [0.25, 0.3) is 0 Å². The molecule has 1 aliphatic heterocycles. The highest BCUT2D eigenvalue weighted by Gasteiger charge is 2.25. The van der Waals surface area contributed by atoms with Crippen LogP contribution in [0.1, 0.15) is 24.1 Å². The fourth-order valence-electron chi connectivity index (χ4n) is 2.22. The molecule has 0 spiro atoms. The van der Waals surface area contributed by atoms with E-state index >= 15 is 0 Å². The first-order valence-corrected chi connectivity index (χ1v) is 5.35. The van der Waals surface area contributed by atoms with Gasteiger partial charge in [-0.05, 0) is 24.6 Å². The largest absolute Gasteiger partial charge is 0.504 e. The van der Waals surface area contributed by atoms with Crippen molar-refractivity contribution in [2.45, 2.75) is 19.4 Å². The number of methoxy groups -OCH3 is 1. The van der Waals surface area contributed by atoms with Crippen molar-refractivity contribution in [2.75, 3.05) is 20.7 Å². The van der Waals surface area contributed by atoms with Gasteiger partial charge < -0.3 is 14.7 Å². The van der Waals surface area contributed by atoms with E-state index in [-0.39, 0.29) is 5.75 Å². The molecule has 0 bridgehead atoms. The Hall–Kier alpha value is -1.22. The van der Waals surface area contributed by atoms with Crippen LogP contribution < -0.4 is 9.64 Å². The third kappa shape index (κ3) is 1.67. The number of phenols is 1. The molecular formula is C12H18NO2+. The second-order valence-electron chi connectivity index (χ2n) is 4.29. The molecule has 0 amide bonds. The summed E-state index contributed by atoms with van der Waals surface area (Å²) >= 11 is 0. The minimum Gasteiger partial charge on any atom is -0.504 e. The quantitative estimate of drug-likeness (QED) is 0.706. The Morgan fingerprint density at radius 2 is 2.20 bits per heavy atom. The van der Waals surface area contributed by atoms with Crippen LogP contribution in [-0.4, -0.2) is 25.8 Å². The molecule has 15 heavy (non-hydrogen) atoms. The van der Waals surface area contributed by atoms with Gasteiger partial charge in [0, 0.05) is 12.0 Å². The molecule has 0 saturated carbocycles. The molecule has 1 aromatic rings. The maximum Gasteiger partial charge on any atom is 0.160 e. The first-order chi connectivity index (χ1) is 7.13. The Balaban J connectivity index is 2.47. The lowest BCUT2D eigenvalue weighted by Crippen LogP contribution is -3.10. The molecule has 0 radical (unpaired) electrons. The summed E-state index contributed by atoms with van der Waals surface area (Å²) < 4.78 is 5.12. The van der Waals surface area contributed by atoms with Crippen LogP contribution in [0, 0.1) is 0 Å². The zero-order valence-electron chi connectivity index (χ0n) is 9.50. The highest BCUT2D eigenvalue weighted by Crippen LogP contribution is 2.32. The van der Waals surface area contributed by atoms with E-state index in [1.54, 1.807) is 7.11 Å². The molecule has 2 N–H and O–H groups in total. The molecule has 2 rings (SSSR count). The number of benzene rings is 1. The van der Waals surface area contributed by atoms with Crippen LogP contribution in [-0.2, 0) is 6.42 Å². The molecule has 1 aromatic carbocycles. The van der Waals surface area contributed by atoms with E-state index in [0.717, 1.165) is 13.0 Å². The lowest BCUT2D eigenvalue weighted by atomic mass is 9.93. The van der Waals surface area contributed by atoms with Gasteiger partial charge in [0.1, 0.15) is 6.04 Å². The van der Waals surface area contributed by atoms with E-state index in [1.807, 2.05) is 12.1 Å². The Bertz CT molecular complexity index is 376. The summed E-state index contributed by atoms with van der Waals surface area (Å²) in [5.41, 5.74) is 2.56. The fourth-order valence-corrected chi connectivity index (χ4v) is 2.22. The summed E-state index contributed by atoms with van der Waals surface area (Å²) in [5, 5.41) is 9.74. The SMILES string of the molecule is COc1cc2c(cc1O)[C@H](C)[NH+](C)CC2. The molecule has 1 unspecified atom stereocenters. The van der Waals surface area contributed by atoms with Gasteiger partial charge in [-0.25, -0.2) is 0 Å². The van der Waals surface area contributed by atoms with Gasteiger partial charge in [-0.1, -0.05) is 0 Å². The van der Waals surface area contributed by atoms with Crippen molar-refractivity contribution in [3.8, 4) is 11.5 Å². The van der Waals surface area contributed by atoms with Crippen molar-refractivity contribution in [2.24, 2.45) is 0 Å². The average molecular weight is 208 g/mol. The topological polar surface area (TPSA) is 33.9 Å². The number of hydrogen-bond acceptors (Lipinski definition) is 2. The highest BCUT2D eigenvalue weighted by molar-refractivity contribution is 5.47. The summed E-state index contributed by atoms with van der Waals surface area (Å²) in [6.07, 6.45) is 1.06. The van der Waals surface area contributed by atoms with E-state index in [0.29, 0.717) is 11.8 Å². The Morgan fingerprint density at radius 3 is 2.87 bits per heavy atom. The second-order valence-corrected chi connectivity index (χ2v) is 4.29. The number of likely N-dealkylation sites (N-methyl/N-ethyl adjacent to an activating group) is 1. The van der Waals surface area contributed by atoms with Crippen LogP contribution in [0.2, 0.25) is 0 Å². The maximum atomic E-state index is 9.74. The van der Waals surface area contributed by atoms with E-state index < -0.39 is 0 Å². The summed E-state index contributed by atoms with van der Waals surface area (Å²) in [6.45, 7) is 3.33. The van der Waals surface area contributed by atoms with Gasteiger partial charge in [0.2, 0.25) is 0 Å². The maximum absolute atomic E-state index is 9.74. The Kier molecular flexibility index (Phi) is 2.57. The smallest absolute Gasteiger partial charge is 0.160 e. The molecule has 0 saturated heterocycles. The summed E-state index contributed by atoms with van der Waals surface area (Å²) in [5.74, 6) is 0.832. The van der Waals surface area contributed by atoms with Gasteiger partial charge in [-0.2, -0.15) is 0 Å². The van der Waals surface area contributed by atoms with Crippen LogP contribution in [0.15, 0.2) is 12.1 Å². The van der Waals surface area contributed by atoms with Crippen LogP contribution in [0.3, 0.4) is 0 Å². The minimum atomic E-state index is 0.248. The Labute approximate surface area is 90.3 Å². The van der Waals surface area contributed by atoms with E-state index in [4.69, 9.17) is 4.74 Å². The molecular weight excluding hydrogens is 190 g/mol. The number of ether oxygens (including phenoxy) is 1. The Morgan fingerprint density at radius 1 is 1.47 bits per heavy atom. The number of rotatable bonds is 1. The standard InChI is InChI=1S/C12H17NO2/c1-8-10-7-11(14)12(15-3)6-9(10)4-5-13(8)2/h6-8,14H,4-5H2,1-3H3/p+1/t8-/m0/s1. The molecule has 3 heteroatoms. The van der Waals surface area contributed by atoms with Crippen molar-refractivity contribution < 1.29 is 14.7 Å². The van der Waals surface area contributed by atoms with Gasteiger partial charge in [0.05, 0.1) is 20.7 Å². The van der Waals surface area contributed by atoms with Crippen LogP contribution in [0.4, 0.5) is 0 Å². The van der Waals surface area contributed by atoms with Gasteiger partial charge in [0.15, 0.2) is 11.5 Å². The third-order valence-corrected chi connectivity index (χ3v) is 3.44. The molecule has 0 aliphatic carbocycles. The first kappa shape index (κ1) is 10.3. The average Bonchev–Trinajstić information content (AvgIpc) is 2.24. The molecule has 1 heterocycles. The zero-order chi connectivity index (χ0) is 11.0. The van der Waals surface area contributed by atoms with Crippen molar-refractivity contribution in [3.63, 3.8) is 0 Å². The summed E-state index contributed by atoms with van der Waals surface area (Å²) in [4.78, 5) is 1.49. The molecule has 82 valence electrons. The predicted octanol–water partition coefficient (Wildman–Crippen LogP) is 0.533. The predicted molar refractivity (Wildman–Crippen MR) is 58.5 cm³/mol. The van der Waals surface area contributed by atoms with Crippen LogP contribution in [0.5, 0.6) is 11.5 Å². The van der Waals surface area contributed by atoms with E-state index in [1.165, 1.54) is 16.0 Å². The number of phenolic OH excluding ortho intramolecular Hbond substituents is 1. The summed E-state index contributed by atoms with van der Waals surface area (Å²) in [6, 6.07) is 4.26. The normalized spacial score (nSPS) is 24.7. The molecule has 0 fully saturated rings. The van der Waals surface area contributed by atoms with Crippen molar-refractivity contribution in [1.29, 1.82) is 0 Å². The van der Waals surface area contributed by atoms with E-state index in [2.05, 4.69) is 14.0 Å².